The number of benzene rings is 1. The van der Waals surface area contributed by atoms with Crippen molar-refractivity contribution in [2.75, 3.05) is 13.7 Å². The number of hydrogen-bond acceptors (Lipinski definition) is 5. The van der Waals surface area contributed by atoms with Crippen molar-refractivity contribution < 1.29 is 9.26 Å². The van der Waals surface area contributed by atoms with Crippen LogP contribution in [0.3, 0.4) is 0 Å². The van der Waals surface area contributed by atoms with Gasteiger partial charge in [-0.05, 0) is 24.6 Å². The van der Waals surface area contributed by atoms with Crippen LogP contribution in [0.4, 0.5) is 0 Å². The van der Waals surface area contributed by atoms with Crippen LogP contribution < -0.4 is 10.1 Å². The summed E-state index contributed by atoms with van der Waals surface area (Å²) in [5.74, 6) is 2.23. The third kappa shape index (κ3) is 3.56. The zero-order valence-corrected chi connectivity index (χ0v) is 10.6. The Labute approximate surface area is 106 Å². The molecule has 0 bridgehead atoms. The Hall–Kier alpha value is -1.88. The van der Waals surface area contributed by atoms with E-state index in [4.69, 9.17) is 9.26 Å². The Balaban J connectivity index is 1.74. The van der Waals surface area contributed by atoms with Gasteiger partial charge in [-0.15, -0.1) is 0 Å². The number of ether oxygens (including phenoxy) is 1. The van der Waals surface area contributed by atoms with Crippen molar-refractivity contribution in [3.8, 4) is 5.75 Å². The number of nitrogens with zero attached hydrogens (tertiary/aromatic N) is 2. The van der Waals surface area contributed by atoms with Gasteiger partial charge in [-0.25, -0.2) is 0 Å². The highest BCUT2D eigenvalue weighted by Gasteiger charge is 2.01. The molecule has 0 amide bonds. The molecule has 1 aromatic heterocycles. The Kier molecular flexibility index (Phi) is 4.30. The Morgan fingerprint density at radius 1 is 1.39 bits per heavy atom. The molecule has 0 aliphatic heterocycles. The van der Waals surface area contributed by atoms with E-state index < -0.39 is 0 Å². The Morgan fingerprint density at radius 3 is 3.00 bits per heavy atom. The van der Waals surface area contributed by atoms with E-state index in [9.17, 15) is 0 Å². The average Bonchev–Trinajstić information content (AvgIpc) is 2.81. The van der Waals surface area contributed by atoms with Crippen LogP contribution in [0, 0.1) is 6.92 Å². The quantitative estimate of drug-likeness (QED) is 0.787. The highest BCUT2D eigenvalue weighted by Crippen LogP contribution is 2.12. The molecule has 2 rings (SSSR count). The van der Waals surface area contributed by atoms with Gasteiger partial charge in [-0.3, -0.25) is 0 Å². The molecule has 0 saturated carbocycles. The minimum atomic E-state index is 0.672. The zero-order chi connectivity index (χ0) is 12.8. The van der Waals surface area contributed by atoms with E-state index in [1.807, 2.05) is 25.1 Å². The summed E-state index contributed by atoms with van der Waals surface area (Å²) in [5.41, 5.74) is 1.19. The summed E-state index contributed by atoms with van der Waals surface area (Å²) in [6.07, 6.45) is 0.741. The maximum atomic E-state index is 5.17. The van der Waals surface area contributed by atoms with E-state index in [0.29, 0.717) is 11.7 Å². The minimum Gasteiger partial charge on any atom is -0.497 e. The topological polar surface area (TPSA) is 60.2 Å². The summed E-state index contributed by atoms with van der Waals surface area (Å²) < 4.78 is 10.2. The first kappa shape index (κ1) is 12.6. The highest BCUT2D eigenvalue weighted by atomic mass is 16.5. The van der Waals surface area contributed by atoms with Gasteiger partial charge in [-0.1, -0.05) is 17.3 Å². The largest absolute Gasteiger partial charge is 0.497 e. The molecule has 1 aromatic carbocycles. The highest BCUT2D eigenvalue weighted by molar-refractivity contribution is 5.28. The maximum Gasteiger partial charge on any atom is 0.227 e. The molecule has 0 spiro atoms. The fraction of sp³-hybridized carbons (Fsp3) is 0.385. The molecule has 5 heteroatoms. The van der Waals surface area contributed by atoms with Crippen LogP contribution in [-0.2, 0) is 13.0 Å². The van der Waals surface area contributed by atoms with Crippen molar-refractivity contribution in [3.63, 3.8) is 0 Å². The number of rotatable bonds is 6. The fourth-order valence-electron chi connectivity index (χ4n) is 1.65. The number of methoxy groups -OCH3 is 1. The van der Waals surface area contributed by atoms with E-state index in [1.54, 1.807) is 7.11 Å². The standard InChI is InChI=1S/C13H17N3O2/c1-10-15-13(18-16-10)6-7-14-9-11-4-3-5-12(8-11)17-2/h3-5,8,14H,6-7,9H2,1-2H3. The van der Waals surface area contributed by atoms with E-state index in [2.05, 4.69) is 21.5 Å². The second kappa shape index (κ2) is 6.16. The summed E-state index contributed by atoms with van der Waals surface area (Å²) >= 11 is 0. The number of aryl methyl sites for hydroxylation is 1. The van der Waals surface area contributed by atoms with E-state index >= 15 is 0 Å². The van der Waals surface area contributed by atoms with Crippen LogP contribution in [0.1, 0.15) is 17.3 Å². The number of aromatic nitrogens is 2. The molecule has 18 heavy (non-hydrogen) atoms. The predicted octanol–water partition coefficient (Wildman–Crippen LogP) is 1.72. The molecule has 0 saturated heterocycles. The van der Waals surface area contributed by atoms with Gasteiger partial charge in [0.25, 0.3) is 0 Å². The van der Waals surface area contributed by atoms with E-state index in [-0.39, 0.29) is 0 Å². The van der Waals surface area contributed by atoms with Crippen molar-refractivity contribution in [1.82, 2.24) is 15.5 Å². The van der Waals surface area contributed by atoms with Crippen molar-refractivity contribution in [1.29, 1.82) is 0 Å². The van der Waals surface area contributed by atoms with Gasteiger partial charge in [0.05, 0.1) is 7.11 Å². The molecule has 96 valence electrons. The third-order valence-electron chi connectivity index (χ3n) is 2.55. The molecule has 0 aliphatic rings. The normalized spacial score (nSPS) is 10.6. The van der Waals surface area contributed by atoms with E-state index in [0.717, 1.165) is 25.3 Å². The predicted molar refractivity (Wildman–Crippen MR) is 67.4 cm³/mol. The molecule has 1 heterocycles. The second-order valence-corrected chi connectivity index (χ2v) is 4.01. The lowest BCUT2D eigenvalue weighted by molar-refractivity contribution is 0.372. The third-order valence-corrected chi connectivity index (χ3v) is 2.55. The molecule has 0 atom stereocenters. The van der Waals surface area contributed by atoms with Crippen LogP contribution in [-0.4, -0.2) is 23.8 Å². The van der Waals surface area contributed by atoms with Crippen molar-refractivity contribution >= 4 is 0 Å². The van der Waals surface area contributed by atoms with Crippen molar-refractivity contribution in [2.45, 2.75) is 19.9 Å². The SMILES string of the molecule is COc1cccc(CNCCc2nc(C)no2)c1. The van der Waals surface area contributed by atoms with Gasteiger partial charge in [0, 0.05) is 19.5 Å². The Morgan fingerprint density at radius 2 is 2.28 bits per heavy atom. The lowest BCUT2D eigenvalue weighted by Gasteiger charge is -2.05. The molecule has 0 radical (unpaired) electrons. The van der Waals surface area contributed by atoms with Gasteiger partial charge in [0.15, 0.2) is 5.82 Å². The molecule has 0 aliphatic carbocycles. The monoisotopic (exact) mass is 247 g/mol. The van der Waals surface area contributed by atoms with Gasteiger partial charge in [0.1, 0.15) is 5.75 Å². The van der Waals surface area contributed by atoms with Crippen LogP contribution in [0.25, 0.3) is 0 Å². The zero-order valence-electron chi connectivity index (χ0n) is 10.6. The summed E-state index contributed by atoms with van der Waals surface area (Å²) in [7, 11) is 1.67. The molecule has 2 aromatic rings. The van der Waals surface area contributed by atoms with Gasteiger partial charge < -0.3 is 14.6 Å². The number of nitrogens with one attached hydrogen (secondary N) is 1. The molecular weight excluding hydrogens is 230 g/mol. The van der Waals surface area contributed by atoms with Gasteiger partial charge in [0.2, 0.25) is 5.89 Å². The molecule has 5 nitrogen and oxygen atoms in total. The van der Waals surface area contributed by atoms with E-state index in [1.165, 1.54) is 5.56 Å². The fourth-order valence-corrected chi connectivity index (χ4v) is 1.65. The first-order chi connectivity index (χ1) is 8.78. The summed E-state index contributed by atoms with van der Waals surface area (Å²) in [4.78, 5) is 4.14. The lowest BCUT2D eigenvalue weighted by atomic mass is 10.2. The average molecular weight is 247 g/mol. The molecule has 0 unspecified atom stereocenters. The first-order valence-electron chi connectivity index (χ1n) is 5.91. The first-order valence-corrected chi connectivity index (χ1v) is 5.91. The van der Waals surface area contributed by atoms with Crippen LogP contribution in [0.2, 0.25) is 0 Å². The van der Waals surface area contributed by atoms with Crippen LogP contribution in [0.5, 0.6) is 5.75 Å². The smallest absolute Gasteiger partial charge is 0.227 e. The van der Waals surface area contributed by atoms with Crippen LogP contribution in [0.15, 0.2) is 28.8 Å². The van der Waals surface area contributed by atoms with Crippen LogP contribution >= 0.6 is 0 Å². The summed E-state index contributed by atoms with van der Waals surface area (Å²) in [6, 6.07) is 8.00. The molecular formula is C13H17N3O2. The van der Waals surface area contributed by atoms with Gasteiger partial charge in [-0.2, -0.15) is 4.98 Å². The second-order valence-electron chi connectivity index (χ2n) is 4.01. The molecule has 0 fully saturated rings. The maximum absolute atomic E-state index is 5.17. The van der Waals surface area contributed by atoms with Gasteiger partial charge >= 0.3 is 0 Å². The molecule has 1 N–H and O–H groups in total. The van der Waals surface area contributed by atoms with Crippen molar-refractivity contribution in [3.05, 3.63) is 41.5 Å². The summed E-state index contributed by atoms with van der Waals surface area (Å²) in [6.45, 7) is 3.42. The van der Waals surface area contributed by atoms with Crippen molar-refractivity contribution in [2.24, 2.45) is 0 Å². The minimum absolute atomic E-state index is 0.672. The Bertz CT molecular complexity index is 496. The number of hydrogen-bond donors (Lipinski definition) is 1. The lowest BCUT2D eigenvalue weighted by Crippen LogP contribution is -2.16. The summed E-state index contributed by atoms with van der Waals surface area (Å²) in [5, 5.41) is 7.07.